The summed E-state index contributed by atoms with van der Waals surface area (Å²) in [6, 6.07) is 7.86. The predicted molar refractivity (Wildman–Crippen MR) is 94.2 cm³/mol. The molecule has 1 atom stereocenters. The topological polar surface area (TPSA) is 81.1 Å². The molecule has 7 nitrogen and oxygen atoms in total. The lowest BCUT2D eigenvalue weighted by Crippen LogP contribution is -2.29. The number of amides is 1. The molecule has 1 aromatic heterocycles. The molecule has 0 saturated carbocycles. The first kappa shape index (κ1) is 17.4. The third kappa shape index (κ3) is 5.03. The molecule has 0 aliphatic carbocycles. The van der Waals surface area contributed by atoms with Crippen molar-refractivity contribution in [3.8, 4) is 5.75 Å². The highest BCUT2D eigenvalue weighted by molar-refractivity contribution is 5.77. The lowest BCUT2D eigenvalue weighted by Gasteiger charge is -2.23. The number of nitrogens with one attached hydrogen (secondary N) is 2. The first-order chi connectivity index (χ1) is 12.2. The molecule has 134 valence electrons. The van der Waals surface area contributed by atoms with E-state index in [9.17, 15) is 4.79 Å². The van der Waals surface area contributed by atoms with Crippen molar-refractivity contribution in [2.24, 2.45) is 5.92 Å². The molecule has 1 aliphatic rings. The van der Waals surface area contributed by atoms with E-state index in [2.05, 4.69) is 25.4 Å². The summed E-state index contributed by atoms with van der Waals surface area (Å²) >= 11 is 0. The number of aromatic nitrogens is 3. The summed E-state index contributed by atoms with van der Waals surface area (Å²) in [6.07, 6.45) is 3.98. The highest BCUT2D eigenvalue weighted by Crippen LogP contribution is 2.17. The van der Waals surface area contributed by atoms with Crippen molar-refractivity contribution in [2.75, 3.05) is 19.7 Å². The Bertz CT molecular complexity index is 683. The van der Waals surface area contributed by atoms with E-state index in [1.54, 1.807) is 0 Å². The molecule has 7 heteroatoms. The first-order valence-corrected chi connectivity index (χ1v) is 8.80. The van der Waals surface area contributed by atoms with Gasteiger partial charge < -0.3 is 19.9 Å². The van der Waals surface area contributed by atoms with Crippen LogP contribution in [0.5, 0.6) is 5.75 Å². The SMILES string of the molecule is CCNC(=O)COc1ccc(CNC[C@@H]2CCc3nncn3C2)cc1. The van der Waals surface area contributed by atoms with Gasteiger partial charge in [-0.1, -0.05) is 12.1 Å². The van der Waals surface area contributed by atoms with Gasteiger partial charge in [0.05, 0.1) is 0 Å². The lowest BCUT2D eigenvalue weighted by atomic mass is 9.99. The van der Waals surface area contributed by atoms with Gasteiger partial charge in [0.15, 0.2) is 6.61 Å². The number of fused-ring (bicyclic) bond motifs is 1. The summed E-state index contributed by atoms with van der Waals surface area (Å²) in [5.74, 6) is 2.32. The number of aryl methyl sites for hydroxylation is 1. The number of carbonyl (C=O) groups excluding carboxylic acids is 1. The van der Waals surface area contributed by atoms with E-state index in [1.165, 1.54) is 5.56 Å². The van der Waals surface area contributed by atoms with Crippen LogP contribution in [0.15, 0.2) is 30.6 Å². The van der Waals surface area contributed by atoms with Crippen LogP contribution in [0.2, 0.25) is 0 Å². The zero-order valence-electron chi connectivity index (χ0n) is 14.6. The van der Waals surface area contributed by atoms with Crippen molar-refractivity contribution in [3.63, 3.8) is 0 Å². The molecule has 2 aromatic rings. The minimum atomic E-state index is -0.100. The maximum absolute atomic E-state index is 11.4. The zero-order chi connectivity index (χ0) is 17.5. The van der Waals surface area contributed by atoms with Crippen LogP contribution in [0, 0.1) is 5.92 Å². The number of likely N-dealkylation sites (N-methyl/N-ethyl adjacent to an activating group) is 1. The number of ether oxygens (including phenoxy) is 1. The van der Waals surface area contributed by atoms with Gasteiger partial charge in [0, 0.05) is 26.1 Å². The summed E-state index contributed by atoms with van der Waals surface area (Å²) in [5, 5.41) is 14.3. The minimum absolute atomic E-state index is 0.0538. The predicted octanol–water partition coefficient (Wildman–Crippen LogP) is 1.15. The van der Waals surface area contributed by atoms with E-state index in [4.69, 9.17) is 4.74 Å². The van der Waals surface area contributed by atoms with Crippen molar-refractivity contribution in [1.82, 2.24) is 25.4 Å². The van der Waals surface area contributed by atoms with Crippen LogP contribution >= 0.6 is 0 Å². The second-order valence-corrected chi connectivity index (χ2v) is 6.32. The average molecular weight is 343 g/mol. The maximum atomic E-state index is 11.4. The van der Waals surface area contributed by atoms with Crippen LogP contribution in [0.1, 0.15) is 24.7 Å². The van der Waals surface area contributed by atoms with Gasteiger partial charge in [0.1, 0.15) is 17.9 Å². The smallest absolute Gasteiger partial charge is 0.257 e. The van der Waals surface area contributed by atoms with E-state index < -0.39 is 0 Å². The van der Waals surface area contributed by atoms with Gasteiger partial charge in [-0.15, -0.1) is 10.2 Å². The number of hydrogen-bond acceptors (Lipinski definition) is 5. The maximum Gasteiger partial charge on any atom is 0.257 e. The fourth-order valence-corrected chi connectivity index (χ4v) is 3.02. The Morgan fingerprint density at radius 1 is 1.36 bits per heavy atom. The molecule has 0 saturated heterocycles. The van der Waals surface area contributed by atoms with Gasteiger partial charge in [-0.2, -0.15) is 0 Å². The van der Waals surface area contributed by atoms with Crippen molar-refractivity contribution in [2.45, 2.75) is 32.9 Å². The Balaban J connectivity index is 1.38. The summed E-state index contributed by atoms with van der Waals surface area (Å²) < 4.78 is 7.60. The van der Waals surface area contributed by atoms with Crippen molar-refractivity contribution >= 4 is 5.91 Å². The molecule has 2 N–H and O–H groups in total. The molecule has 25 heavy (non-hydrogen) atoms. The number of carbonyl (C=O) groups is 1. The number of hydrogen-bond donors (Lipinski definition) is 2. The van der Waals surface area contributed by atoms with Crippen LogP contribution in [0.4, 0.5) is 0 Å². The second kappa shape index (κ2) is 8.62. The van der Waals surface area contributed by atoms with Crippen LogP contribution in [0.3, 0.4) is 0 Å². The third-order valence-electron chi connectivity index (χ3n) is 4.36. The van der Waals surface area contributed by atoms with Crippen molar-refractivity contribution < 1.29 is 9.53 Å². The fourth-order valence-electron chi connectivity index (χ4n) is 3.02. The number of benzene rings is 1. The summed E-state index contributed by atoms with van der Waals surface area (Å²) in [6.45, 7) is 5.35. The Morgan fingerprint density at radius 2 is 2.20 bits per heavy atom. The van der Waals surface area contributed by atoms with Crippen molar-refractivity contribution in [3.05, 3.63) is 42.0 Å². The quantitative estimate of drug-likeness (QED) is 0.751. The Hall–Kier alpha value is -2.41. The largest absolute Gasteiger partial charge is 0.484 e. The monoisotopic (exact) mass is 343 g/mol. The lowest BCUT2D eigenvalue weighted by molar-refractivity contribution is -0.122. The van der Waals surface area contributed by atoms with Crippen LogP contribution in [-0.2, 0) is 24.3 Å². The Kier molecular flexibility index (Phi) is 6.00. The highest BCUT2D eigenvalue weighted by Gasteiger charge is 2.18. The number of rotatable bonds is 8. The molecule has 0 spiro atoms. The van der Waals surface area contributed by atoms with Crippen LogP contribution < -0.4 is 15.4 Å². The molecule has 0 unspecified atom stereocenters. The van der Waals surface area contributed by atoms with Crippen LogP contribution in [0.25, 0.3) is 0 Å². The van der Waals surface area contributed by atoms with E-state index in [0.29, 0.717) is 18.2 Å². The molecule has 0 fully saturated rings. The zero-order valence-corrected chi connectivity index (χ0v) is 14.6. The van der Waals surface area contributed by atoms with Crippen molar-refractivity contribution in [1.29, 1.82) is 0 Å². The molecule has 0 bridgehead atoms. The normalized spacial score (nSPS) is 16.3. The van der Waals surface area contributed by atoms with E-state index >= 15 is 0 Å². The first-order valence-electron chi connectivity index (χ1n) is 8.80. The van der Waals surface area contributed by atoms with Gasteiger partial charge in [-0.3, -0.25) is 4.79 Å². The summed E-state index contributed by atoms with van der Waals surface area (Å²) in [4.78, 5) is 11.4. The standard InChI is InChI=1S/C18H25N5O2/c1-2-20-18(24)12-25-16-6-3-14(4-7-16)9-19-10-15-5-8-17-22-21-13-23(17)11-15/h3-4,6-7,13,15,19H,2,5,8-12H2,1H3,(H,20,24)/t15-/m0/s1. The molecular formula is C18H25N5O2. The van der Waals surface area contributed by atoms with Gasteiger partial charge in [-0.25, -0.2) is 0 Å². The Morgan fingerprint density at radius 3 is 3.00 bits per heavy atom. The van der Waals surface area contributed by atoms with Gasteiger partial charge in [-0.05, 0) is 43.5 Å². The van der Waals surface area contributed by atoms with E-state index in [1.807, 2.05) is 37.5 Å². The summed E-state index contributed by atoms with van der Waals surface area (Å²) in [5.41, 5.74) is 1.20. The average Bonchev–Trinajstić information content (AvgIpc) is 3.09. The van der Waals surface area contributed by atoms with E-state index in [-0.39, 0.29) is 12.5 Å². The van der Waals surface area contributed by atoms with Gasteiger partial charge in [0.25, 0.3) is 5.91 Å². The molecule has 1 aliphatic heterocycles. The molecule has 1 aromatic carbocycles. The second-order valence-electron chi connectivity index (χ2n) is 6.32. The highest BCUT2D eigenvalue weighted by atomic mass is 16.5. The van der Waals surface area contributed by atoms with Crippen LogP contribution in [-0.4, -0.2) is 40.4 Å². The van der Waals surface area contributed by atoms with Gasteiger partial charge >= 0.3 is 0 Å². The number of nitrogens with zero attached hydrogens (tertiary/aromatic N) is 3. The summed E-state index contributed by atoms with van der Waals surface area (Å²) in [7, 11) is 0. The molecule has 2 heterocycles. The van der Waals surface area contributed by atoms with E-state index in [0.717, 1.165) is 38.3 Å². The van der Waals surface area contributed by atoms with Gasteiger partial charge in [0.2, 0.25) is 0 Å². The molecular weight excluding hydrogens is 318 g/mol. The molecule has 0 radical (unpaired) electrons. The molecule has 3 rings (SSSR count). The fraction of sp³-hybridized carbons (Fsp3) is 0.500. The third-order valence-corrected chi connectivity index (χ3v) is 4.36. The Labute approximate surface area is 147 Å². The molecule has 1 amide bonds. The minimum Gasteiger partial charge on any atom is -0.484 e.